The van der Waals surface area contributed by atoms with Crippen molar-refractivity contribution in [2.24, 2.45) is 11.7 Å². The first kappa shape index (κ1) is 19.7. The van der Waals surface area contributed by atoms with Crippen molar-refractivity contribution in [2.45, 2.75) is 31.8 Å². The predicted octanol–water partition coefficient (Wildman–Crippen LogP) is 3.13. The first-order chi connectivity index (χ1) is 12.5. The van der Waals surface area contributed by atoms with E-state index in [4.69, 9.17) is 10.5 Å². The summed E-state index contributed by atoms with van der Waals surface area (Å²) in [6, 6.07) is 18.5. The lowest BCUT2D eigenvalue weighted by molar-refractivity contribution is -0.141. The highest BCUT2D eigenvalue weighted by Gasteiger charge is 2.25. The number of carbonyl (C=O) groups is 2. The van der Waals surface area contributed by atoms with E-state index in [1.807, 2.05) is 67.6 Å². The van der Waals surface area contributed by atoms with Crippen molar-refractivity contribution in [3.8, 4) is 0 Å². The standard InChI is InChI=1S/C21H26N2O3/c1-15(20(22)17-11-7-4-8-12-17)21(25)23-18(13-14-19(24)26-2)16-9-5-3-6-10-16/h3-12,15,18,20H,13-14,22H2,1-2H3,(H,23,25). The van der Waals surface area contributed by atoms with E-state index in [2.05, 4.69) is 5.32 Å². The van der Waals surface area contributed by atoms with Crippen LogP contribution in [0, 0.1) is 5.92 Å². The molecular formula is C21H26N2O3. The van der Waals surface area contributed by atoms with Gasteiger partial charge in [0.05, 0.1) is 19.1 Å². The van der Waals surface area contributed by atoms with Crippen LogP contribution in [0.2, 0.25) is 0 Å². The molecule has 2 aromatic carbocycles. The maximum absolute atomic E-state index is 12.7. The zero-order valence-corrected chi connectivity index (χ0v) is 15.2. The fraction of sp³-hybridized carbons (Fsp3) is 0.333. The lowest BCUT2D eigenvalue weighted by Gasteiger charge is -2.24. The molecule has 26 heavy (non-hydrogen) atoms. The lowest BCUT2D eigenvalue weighted by Crippen LogP contribution is -2.38. The molecule has 2 aromatic rings. The Hall–Kier alpha value is -2.66. The highest BCUT2D eigenvalue weighted by atomic mass is 16.5. The summed E-state index contributed by atoms with van der Waals surface area (Å²) in [5.74, 6) is -0.837. The highest BCUT2D eigenvalue weighted by molar-refractivity contribution is 5.80. The smallest absolute Gasteiger partial charge is 0.305 e. The highest BCUT2D eigenvalue weighted by Crippen LogP contribution is 2.23. The number of ether oxygens (including phenoxy) is 1. The van der Waals surface area contributed by atoms with Crippen LogP contribution in [0.5, 0.6) is 0 Å². The van der Waals surface area contributed by atoms with Gasteiger partial charge >= 0.3 is 5.97 Å². The number of rotatable bonds is 8. The fourth-order valence-electron chi connectivity index (χ4n) is 2.80. The van der Waals surface area contributed by atoms with Gasteiger partial charge in [-0.3, -0.25) is 9.59 Å². The van der Waals surface area contributed by atoms with Crippen molar-refractivity contribution in [1.29, 1.82) is 0 Å². The predicted molar refractivity (Wildman–Crippen MR) is 101 cm³/mol. The second kappa shape index (κ2) is 9.73. The molecule has 0 saturated heterocycles. The van der Waals surface area contributed by atoms with E-state index < -0.39 is 12.0 Å². The Morgan fingerprint density at radius 1 is 1.00 bits per heavy atom. The maximum Gasteiger partial charge on any atom is 0.305 e. The van der Waals surface area contributed by atoms with Gasteiger partial charge in [0.2, 0.25) is 5.91 Å². The number of nitrogens with two attached hydrogens (primary N) is 1. The van der Waals surface area contributed by atoms with Crippen molar-refractivity contribution in [3.05, 3.63) is 71.8 Å². The molecule has 5 heteroatoms. The van der Waals surface area contributed by atoms with E-state index in [0.29, 0.717) is 6.42 Å². The Morgan fingerprint density at radius 2 is 1.54 bits per heavy atom. The Labute approximate surface area is 154 Å². The summed E-state index contributed by atoms with van der Waals surface area (Å²) in [5.41, 5.74) is 8.13. The third-order valence-electron chi connectivity index (χ3n) is 4.52. The zero-order chi connectivity index (χ0) is 18.9. The number of hydrogen-bond donors (Lipinski definition) is 2. The van der Waals surface area contributed by atoms with Crippen molar-refractivity contribution in [1.82, 2.24) is 5.32 Å². The van der Waals surface area contributed by atoms with Crippen LogP contribution in [0.15, 0.2) is 60.7 Å². The van der Waals surface area contributed by atoms with Gasteiger partial charge in [0, 0.05) is 12.5 Å². The SMILES string of the molecule is COC(=O)CCC(NC(=O)C(C)C(N)c1ccccc1)c1ccccc1. The number of benzene rings is 2. The molecule has 0 aliphatic carbocycles. The van der Waals surface area contributed by atoms with E-state index in [-0.39, 0.29) is 24.3 Å². The van der Waals surface area contributed by atoms with Gasteiger partial charge in [0.15, 0.2) is 0 Å². The van der Waals surface area contributed by atoms with E-state index in [1.54, 1.807) is 0 Å². The monoisotopic (exact) mass is 354 g/mol. The van der Waals surface area contributed by atoms with Crippen LogP contribution >= 0.6 is 0 Å². The van der Waals surface area contributed by atoms with Crippen LogP contribution in [0.1, 0.15) is 43.0 Å². The summed E-state index contributed by atoms with van der Waals surface area (Å²) in [6.45, 7) is 1.81. The molecule has 0 aromatic heterocycles. The minimum atomic E-state index is -0.401. The zero-order valence-electron chi connectivity index (χ0n) is 15.2. The van der Waals surface area contributed by atoms with Gasteiger partial charge in [-0.15, -0.1) is 0 Å². The topological polar surface area (TPSA) is 81.4 Å². The number of carbonyl (C=O) groups excluding carboxylic acids is 2. The molecule has 0 bridgehead atoms. The Morgan fingerprint density at radius 3 is 2.08 bits per heavy atom. The summed E-state index contributed by atoms with van der Waals surface area (Å²) in [7, 11) is 1.36. The van der Waals surface area contributed by atoms with Gasteiger partial charge in [-0.1, -0.05) is 67.6 Å². The van der Waals surface area contributed by atoms with Gasteiger partial charge in [0.1, 0.15) is 0 Å². The van der Waals surface area contributed by atoms with Gasteiger partial charge < -0.3 is 15.8 Å². The first-order valence-electron chi connectivity index (χ1n) is 8.75. The van der Waals surface area contributed by atoms with E-state index in [1.165, 1.54) is 7.11 Å². The molecule has 3 N–H and O–H groups in total. The number of amides is 1. The number of hydrogen-bond acceptors (Lipinski definition) is 4. The van der Waals surface area contributed by atoms with Crippen molar-refractivity contribution >= 4 is 11.9 Å². The van der Waals surface area contributed by atoms with Crippen molar-refractivity contribution < 1.29 is 14.3 Å². The second-order valence-electron chi connectivity index (χ2n) is 6.31. The van der Waals surface area contributed by atoms with E-state index in [9.17, 15) is 9.59 Å². The molecule has 5 nitrogen and oxygen atoms in total. The summed E-state index contributed by atoms with van der Waals surface area (Å²) < 4.78 is 4.71. The quantitative estimate of drug-likeness (QED) is 0.714. The van der Waals surface area contributed by atoms with Crippen LogP contribution in [0.3, 0.4) is 0 Å². The summed E-state index contributed by atoms with van der Waals surface area (Å²) >= 11 is 0. The molecule has 0 fully saturated rings. The van der Waals surface area contributed by atoms with Gasteiger partial charge in [-0.25, -0.2) is 0 Å². The minimum Gasteiger partial charge on any atom is -0.469 e. The number of esters is 1. The molecule has 0 heterocycles. The molecule has 2 rings (SSSR count). The Kier molecular flexibility index (Phi) is 7.36. The average molecular weight is 354 g/mol. The van der Waals surface area contributed by atoms with Crippen LogP contribution in [-0.2, 0) is 14.3 Å². The van der Waals surface area contributed by atoms with E-state index >= 15 is 0 Å². The normalized spacial score (nSPS) is 14.1. The molecule has 138 valence electrons. The van der Waals surface area contributed by atoms with Gasteiger partial charge in [0.25, 0.3) is 0 Å². The fourth-order valence-corrected chi connectivity index (χ4v) is 2.80. The summed E-state index contributed by atoms with van der Waals surface area (Å²) in [5, 5.41) is 3.04. The number of methoxy groups -OCH3 is 1. The molecule has 1 amide bonds. The molecule has 3 unspecified atom stereocenters. The summed E-state index contributed by atoms with van der Waals surface area (Å²) in [6.07, 6.45) is 0.700. The average Bonchev–Trinajstić information content (AvgIpc) is 2.70. The van der Waals surface area contributed by atoms with Crippen LogP contribution in [-0.4, -0.2) is 19.0 Å². The molecule has 0 aliphatic heterocycles. The minimum absolute atomic E-state index is 0.139. The third-order valence-corrected chi connectivity index (χ3v) is 4.52. The van der Waals surface area contributed by atoms with Crippen LogP contribution in [0.25, 0.3) is 0 Å². The van der Waals surface area contributed by atoms with Crippen molar-refractivity contribution in [2.75, 3.05) is 7.11 Å². The second-order valence-corrected chi connectivity index (χ2v) is 6.31. The van der Waals surface area contributed by atoms with E-state index in [0.717, 1.165) is 11.1 Å². The Balaban J connectivity index is 2.08. The summed E-state index contributed by atoms with van der Waals surface area (Å²) in [4.78, 5) is 24.3. The Bertz CT molecular complexity index is 704. The molecule has 3 atom stereocenters. The molecular weight excluding hydrogens is 328 g/mol. The first-order valence-corrected chi connectivity index (χ1v) is 8.75. The molecule has 0 spiro atoms. The van der Waals surface area contributed by atoms with Gasteiger partial charge in [-0.2, -0.15) is 0 Å². The maximum atomic E-state index is 12.7. The van der Waals surface area contributed by atoms with Crippen LogP contribution < -0.4 is 11.1 Å². The van der Waals surface area contributed by atoms with Crippen LogP contribution in [0.4, 0.5) is 0 Å². The largest absolute Gasteiger partial charge is 0.469 e. The molecule has 0 radical (unpaired) electrons. The van der Waals surface area contributed by atoms with Crippen molar-refractivity contribution in [3.63, 3.8) is 0 Å². The lowest BCUT2D eigenvalue weighted by atomic mass is 9.93. The van der Waals surface area contributed by atoms with Gasteiger partial charge in [-0.05, 0) is 17.5 Å². The third kappa shape index (κ3) is 5.43. The number of nitrogens with one attached hydrogen (secondary N) is 1. The molecule has 0 aliphatic rings. The molecule has 0 saturated carbocycles.